The van der Waals surface area contributed by atoms with E-state index in [9.17, 15) is 31.2 Å². The van der Waals surface area contributed by atoms with Crippen molar-refractivity contribution in [1.82, 2.24) is 9.21 Å². The highest BCUT2D eigenvalue weighted by Crippen LogP contribution is 2.34. The van der Waals surface area contributed by atoms with Crippen LogP contribution in [0.2, 0.25) is 0 Å². The lowest BCUT2D eigenvalue weighted by molar-refractivity contribution is -0.137. The maximum absolute atomic E-state index is 13.1. The second-order valence-corrected chi connectivity index (χ2v) is 10.1. The number of carbonyl (C=O) groups excluding carboxylic acids is 2. The van der Waals surface area contributed by atoms with E-state index in [1.165, 1.54) is 47.8 Å². The molecule has 1 atom stereocenters. The van der Waals surface area contributed by atoms with Crippen molar-refractivity contribution in [3.63, 3.8) is 0 Å². The number of piperidine rings is 1. The van der Waals surface area contributed by atoms with E-state index in [1.807, 2.05) is 6.92 Å². The average Bonchev–Trinajstić information content (AvgIpc) is 2.78. The number of halogens is 3. The van der Waals surface area contributed by atoms with Gasteiger partial charge in [0, 0.05) is 25.2 Å². The third-order valence-electron chi connectivity index (χ3n) is 5.68. The molecule has 0 bridgehead atoms. The molecule has 0 aromatic heterocycles. The van der Waals surface area contributed by atoms with Crippen molar-refractivity contribution in [3.05, 3.63) is 59.7 Å². The maximum Gasteiger partial charge on any atom is 0.418 e. The lowest BCUT2D eigenvalue weighted by atomic mass is 10.1. The number of sulfonamides is 1. The third-order valence-corrected chi connectivity index (χ3v) is 7.71. The van der Waals surface area contributed by atoms with Crippen molar-refractivity contribution in [2.45, 2.75) is 43.3 Å². The summed E-state index contributed by atoms with van der Waals surface area (Å²) in [7, 11) is -2.36. The van der Waals surface area contributed by atoms with E-state index >= 15 is 0 Å². The molecule has 2 aromatic carbocycles. The lowest BCUT2D eigenvalue weighted by Crippen LogP contribution is -2.41. The molecule has 7 nitrogen and oxygen atoms in total. The molecule has 184 valence electrons. The molecule has 1 aliphatic rings. The summed E-state index contributed by atoms with van der Waals surface area (Å²) in [6.07, 6.45) is -2.08. The predicted molar refractivity (Wildman–Crippen MR) is 121 cm³/mol. The lowest BCUT2D eigenvalue weighted by Gasteiger charge is -2.32. The molecule has 1 unspecified atom stereocenters. The van der Waals surface area contributed by atoms with Crippen LogP contribution in [0.5, 0.6) is 0 Å². The van der Waals surface area contributed by atoms with Gasteiger partial charge in [-0.3, -0.25) is 9.59 Å². The van der Waals surface area contributed by atoms with Gasteiger partial charge in [0.1, 0.15) is 0 Å². The first-order valence-electron chi connectivity index (χ1n) is 10.7. The van der Waals surface area contributed by atoms with Gasteiger partial charge in [0.05, 0.1) is 22.7 Å². The van der Waals surface area contributed by atoms with Gasteiger partial charge in [-0.25, -0.2) is 8.42 Å². The summed E-state index contributed by atoms with van der Waals surface area (Å²) in [4.78, 5) is 26.1. The summed E-state index contributed by atoms with van der Waals surface area (Å²) in [5, 5.41) is 2.19. The standard InChI is InChI=1S/C23H26F3N3O4S/c1-16-7-5-6-14-29(16)34(32,33)18-12-10-17(11-13-18)22(31)28(2)15-21(30)27-20-9-4-3-8-19(20)23(24,25)26/h3-4,8-13,16H,5-7,14-15H2,1-2H3,(H,27,30). The molecule has 2 amide bonds. The molecular weight excluding hydrogens is 471 g/mol. The molecular formula is C23H26F3N3O4S. The van der Waals surface area contributed by atoms with Crippen LogP contribution in [0.3, 0.4) is 0 Å². The molecule has 1 N–H and O–H groups in total. The molecule has 0 spiro atoms. The van der Waals surface area contributed by atoms with Crippen molar-refractivity contribution in [2.75, 3.05) is 25.5 Å². The molecule has 34 heavy (non-hydrogen) atoms. The minimum absolute atomic E-state index is 0.0713. The quantitative estimate of drug-likeness (QED) is 0.654. The summed E-state index contributed by atoms with van der Waals surface area (Å²) >= 11 is 0. The number of nitrogens with one attached hydrogen (secondary N) is 1. The summed E-state index contributed by atoms with van der Waals surface area (Å²) in [5.41, 5.74) is -1.24. The SMILES string of the molecule is CC1CCCCN1S(=O)(=O)c1ccc(C(=O)N(C)CC(=O)Nc2ccccc2C(F)(F)F)cc1. The smallest absolute Gasteiger partial charge is 0.332 e. The molecule has 11 heteroatoms. The molecule has 1 fully saturated rings. The molecule has 0 radical (unpaired) electrons. The molecule has 1 aliphatic heterocycles. The minimum atomic E-state index is -4.64. The Morgan fingerprint density at radius 2 is 1.74 bits per heavy atom. The zero-order chi connectivity index (χ0) is 25.1. The second kappa shape index (κ2) is 10.1. The fraction of sp³-hybridized carbons (Fsp3) is 0.391. The van der Waals surface area contributed by atoms with Crippen molar-refractivity contribution in [1.29, 1.82) is 0 Å². The topological polar surface area (TPSA) is 86.8 Å². The normalized spacial score (nSPS) is 17.3. The maximum atomic E-state index is 13.1. The number of nitrogens with zero attached hydrogens (tertiary/aromatic N) is 2. The van der Waals surface area contributed by atoms with Crippen LogP contribution >= 0.6 is 0 Å². The van der Waals surface area contributed by atoms with Crippen LogP contribution in [0, 0.1) is 0 Å². The van der Waals surface area contributed by atoms with Gasteiger partial charge < -0.3 is 10.2 Å². The van der Waals surface area contributed by atoms with Crippen molar-refractivity contribution < 1.29 is 31.2 Å². The summed E-state index contributed by atoms with van der Waals surface area (Å²) in [6.45, 7) is 1.82. The average molecular weight is 498 g/mol. The number of hydrogen-bond donors (Lipinski definition) is 1. The molecule has 1 heterocycles. The molecule has 0 aliphatic carbocycles. The Hall–Kier alpha value is -2.92. The highest BCUT2D eigenvalue weighted by Gasteiger charge is 2.34. The van der Waals surface area contributed by atoms with Crippen molar-refractivity contribution in [2.24, 2.45) is 0 Å². The Labute approximate surface area is 196 Å². The summed E-state index contributed by atoms with van der Waals surface area (Å²) < 4.78 is 66.6. The van der Waals surface area contributed by atoms with Gasteiger partial charge in [-0.1, -0.05) is 18.6 Å². The van der Waals surface area contributed by atoms with Gasteiger partial charge >= 0.3 is 6.18 Å². The number of anilines is 1. The Morgan fingerprint density at radius 3 is 2.35 bits per heavy atom. The van der Waals surface area contributed by atoms with Crippen molar-refractivity contribution in [3.8, 4) is 0 Å². The number of hydrogen-bond acceptors (Lipinski definition) is 4. The Morgan fingerprint density at radius 1 is 1.09 bits per heavy atom. The van der Waals surface area contributed by atoms with Gasteiger partial charge in [0.15, 0.2) is 0 Å². The Balaban J connectivity index is 1.67. The number of amides is 2. The highest BCUT2D eigenvalue weighted by atomic mass is 32.2. The fourth-order valence-corrected chi connectivity index (χ4v) is 5.57. The molecule has 3 rings (SSSR count). The first-order valence-corrected chi connectivity index (χ1v) is 12.2. The molecule has 2 aromatic rings. The van der Waals surface area contributed by atoms with E-state index in [-0.39, 0.29) is 16.5 Å². The van der Waals surface area contributed by atoms with Gasteiger partial charge in [-0.05, 0) is 56.2 Å². The van der Waals surface area contributed by atoms with Crippen LogP contribution in [0.15, 0.2) is 53.4 Å². The zero-order valence-corrected chi connectivity index (χ0v) is 19.6. The third kappa shape index (κ3) is 5.76. The van der Waals surface area contributed by atoms with E-state index < -0.39 is 45.8 Å². The number of carbonyl (C=O) groups is 2. The zero-order valence-electron chi connectivity index (χ0n) is 18.8. The van der Waals surface area contributed by atoms with Gasteiger partial charge in [0.2, 0.25) is 15.9 Å². The first kappa shape index (κ1) is 25.7. The monoisotopic (exact) mass is 497 g/mol. The van der Waals surface area contributed by atoms with E-state index in [1.54, 1.807) is 0 Å². The molecule has 0 saturated carbocycles. The van der Waals surface area contributed by atoms with Crippen LogP contribution in [0.1, 0.15) is 42.1 Å². The predicted octanol–water partition coefficient (Wildman–Crippen LogP) is 3.98. The van der Waals surface area contributed by atoms with E-state index in [0.717, 1.165) is 36.3 Å². The van der Waals surface area contributed by atoms with E-state index in [0.29, 0.717) is 6.54 Å². The summed E-state index contributed by atoms with van der Waals surface area (Å²) in [5.74, 6) is -1.37. The number of rotatable bonds is 6. The molecule has 1 saturated heterocycles. The number of para-hydroxylation sites is 1. The number of benzene rings is 2. The minimum Gasteiger partial charge on any atom is -0.332 e. The highest BCUT2D eigenvalue weighted by molar-refractivity contribution is 7.89. The van der Waals surface area contributed by atoms with Crippen molar-refractivity contribution >= 4 is 27.5 Å². The van der Waals surface area contributed by atoms with Gasteiger partial charge in [-0.2, -0.15) is 17.5 Å². The van der Waals surface area contributed by atoms with Gasteiger partial charge in [-0.15, -0.1) is 0 Å². The van der Waals surface area contributed by atoms with Crippen LogP contribution < -0.4 is 5.32 Å². The van der Waals surface area contributed by atoms with Crippen LogP contribution in [0.4, 0.5) is 18.9 Å². The Kier molecular flexibility index (Phi) is 7.67. The van der Waals surface area contributed by atoms with Gasteiger partial charge in [0.25, 0.3) is 5.91 Å². The largest absolute Gasteiger partial charge is 0.418 e. The first-order chi connectivity index (χ1) is 15.9. The van der Waals surface area contributed by atoms with E-state index in [2.05, 4.69) is 5.32 Å². The second-order valence-electron chi connectivity index (χ2n) is 8.24. The Bertz CT molecular complexity index is 1150. The van der Waals surface area contributed by atoms with E-state index in [4.69, 9.17) is 0 Å². The number of likely N-dealkylation sites (N-methyl/N-ethyl adjacent to an activating group) is 1. The van der Waals surface area contributed by atoms with Crippen LogP contribution in [-0.2, 0) is 21.0 Å². The summed E-state index contributed by atoms with van der Waals surface area (Å²) in [6, 6.07) is 9.86. The fourth-order valence-electron chi connectivity index (χ4n) is 3.87. The van der Waals surface area contributed by atoms with Crippen LogP contribution in [0.25, 0.3) is 0 Å². The number of alkyl halides is 3. The van der Waals surface area contributed by atoms with Crippen LogP contribution in [-0.4, -0.2) is 55.6 Å².